The number of nitriles is 1. The van der Waals surface area contributed by atoms with E-state index < -0.39 is 0 Å². The third-order valence-corrected chi connectivity index (χ3v) is 3.07. The minimum absolute atomic E-state index is 0.384. The van der Waals surface area contributed by atoms with Gasteiger partial charge in [-0.3, -0.25) is 0 Å². The molecule has 0 amide bonds. The molecule has 0 radical (unpaired) electrons. The van der Waals surface area contributed by atoms with E-state index >= 15 is 0 Å². The normalized spacial score (nSPS) is 15.7. The summed E-state index contributed by atoms with van der Waals surface area (Å²) in [6.07, 6.45) is 3.95. The Morgan fingerprint density at radius 2 is 2.21 bits per heavy atom. The predicted molar refractivity (Wildman–Crippen MR) is 57.1 cm³/mol. The van der Waals surface area contributed by atoms with Gasteiger partial charge in [0.05, 0.1) is 11.7 Å². The summed E-state index contributed by atoms with van der Waals surface area (Å²) in [7, 11) is 0. The summed E-state index contributed by atoms with van der Waals surface area (Å²) in [5.41, 5.74) is 0.644. The van der Waals surface area contributed by atoms with Gasteiger partial charge in [0.2, 0.25) is 0 Å². The van der Waals surface area contributed by atoms with E-state index in [0.717, 1.165) is 23.1 Å². The van der Waals surface area contributed by atoms with Crippen molar-refractivity contribution in [3.8, 4) is 11.8 Å². The monoisotopic (exact) mass is 251 g/mol. The van der Waals surface area contributed by atoms with Gasteiger partial charge in [-0.15, -0.1) is 0 Å². The standard InChI is InChI=1S/C11H10BrNO/c12-11-6-10(5-4-8(11)7-13)14-9-2-1-3-9/h4-6,9H,1-3H2. The number of nitrogens with zero attached hydrogens (tertiary/aromatic N) is 1. The van der Waals surface area contributed by atoms with Crippen LogP contribution in [0.15, 0.2) is 22.7 Å². The molecule has 0 unspecified atom stereocenters. The second kappa shape index (κ2) is 4.02. The highest BCUT2D eigenvalue weighted by atomic mass is 79.9. The molecule has 1 aromatic carbocycles. The highest BCUT2D eigenvalue weighted by Gasteiger charge is 2.19. The first-order chi connectivity index (χ1) is 6.79. The first-order valence-corrected chi connectivity index (χ1v) is 5.45. The van der Waals surface area contributed by atoms with Gasteiger partial charge >= 0.3 is 0 Å². The minimum Gasteiger partial charge on any atom is -0.490 e. The Morgan fingerprint density at radius 3 is 2.71 bits per heavy atom. The molecule has 0 bridgehead atoms. The van der Waals surface area contributed by atoms with Crippen molar-refractivity contribution >= 4 is 15.9 Å². The van der Waals surface area contributed by atoms with Crippen LogP contribution in [0.1, 0.15) is 24.8 Å². The molecule has 2 nitrogen and oxygen atoms in total. The van der Waals surface area contributed by atoms with Crippen molar-refractivity contribution in [2.45, 2.75) is 25.4 Å². The molecule has 1 aliphatic carbocycles. The van der Waals surface area contributed by atoms with Gasteiger partial charge in [0.15, 0.2) is 0 Å². The van der Waals surface area contributed by atoms with E-state index in [2.05, 4.69) is 22.0 Å². The number of rotatable bonds is 2. The van der Waals surface area contributed by atoms with Gasteiger partial charge < -0.3 is 4.74 Å². The molecule has 1 aromatic rings. The van der Waals surface area contributed by atoms with Crippen LogP contribution in [0.4, 0.5) is 0 Å². The Hall–Kier alpha value is -1.01. The maximum atomic E-state index is 8.73. The van der Waals surface area contributed by atoms with E-state index in [1.807, 2.05) is 12.1 Å². The van der Waals surface area contributed by atoms with Crippen LogP contribution in [0.3, 0.4) is 0 Å². The average Bonchev–Trinajstić information content (AvgIpc) is 2.12. The SMILES string of the molecule is N#Cc1ccc(OC2CCC2)cc1Br. The van der Waals surface area contributed by atoms with Gasteiger partial charge in [-0.1, -0.05) is 0 Å². The Balaban J connectivity index is 2.12. The zero-order valence-electron chi connectivity index (χ0n) is 7.66. The zero-order valence-corrected chi connectivity index (χ0v) is 9.25. The lowest BCUT2D eigenvalue weighted by molar-refractivity contribution is 0.120. The van der Waals surface area contributed by atoms with Crippen molar-refractivity contribution in [1.82, 2.24) is 0 Å². The van der Waals surface area contributed by atoms with E-state index in [1.54, 1.807) is 6.07 Å². The zero-order chi connectivity index (χ0) is 9.97. The Labute approximate surface area is 91.6 Å². The molecule has 14 heavy (non-hydrogen) atoms. The van der Waals surface area contributed by atoms with Crippen LogP contribution in [0.2, 0.25) is 0 Å². The van der Waals surface area contributed by atoms with Crippen molar-refractivity contribution in [2.75, 3.05) is 0 Å². The molecule has 3 heteroatoms. The Kier molecular flexibility index (Phi) is 2.74. The summed E-state index contributed by atoms with van der Waals surface area (Å²) in [5, 5.41) is 8.73. The fraction of sp³-hybridized carbons (Fsp3) is 0.364. The lowest BCUT2D eigenvalue weighted by Crippen LogP contribution is -2.24. The van der Waals surface area contributed by atoms with Crippen LogP contribution in [0, 0.1) is 11.3 Å². The fourth-order valence-corrected chi connectivity index (χ4v) is 1.79. The van der Waals surface area contributed by atoms with Crippen LogP contribution >= 0.6 is 15.9 Å². The molecule has 2 rings (SSSR count). The molecule has 1 aliphatic rings. The van der Waals surface area contributed by atoms with Gasteiger partial charge in [-0.2, -0.15) is 5.26 Å². The van der Waals surface area contributed by atoms with Crippen molar-refractivity contribution in [1.29, 1.82) is 5.26 Å². The molecule has 0 aromatic heterocycles. The Bertz CT molecular complexity index is 379. The molecule has 1 fully saturated rings. The molecular weight excluding hydrogens is 242 g/mol. The number of hydrogen-bond acceptors (Lipinski definition) is 2. The highest BCUT2D eigenvalue weighted by Crippen LogP contribution is 2.28. The molecule has 0 saturated heterocycles. The van der Waals surface area contributed by atoms with Crippen LogP contribution < -0.4 is 4.74 Å². The number of benzene rings is 1. The predicted octanol–water partition coefficient (Wildman–Crippen LogP) is 3.25. The van der Waals surface area contributed by atoms with Gasteiger partial charge in [0, 0.05) is 4.47 Å². The third kappa shape index (κ3) is 1.91. The first-order valence-electron chi connectivity index (χ1n) is 4.66. The number of ether oxygens (including phenoxy) is 1. The lowest BCUT2D eigenvalue weighted by atomic mass is 9.96. The molecule has 0 spiro atoms. The molecule has 0 N–H and O–H groups in total. The molecule has 0 aliphatic heterocycles. The van der Waals surface area contributed by atoms with E-state index in [-0.39, 0.29) is 0 Å². The van der Waals surface area contributed by atoms with Crippen LogP contribution in [0.25, 0.3) is 0 Å². The largest absolute Gasteiger partial charge is 0.490 e. The van der Waals surface area contributed by atoms with E-state index in [1.165, 1.54) is 6.42 Å². The van der Waals surface area contributed by atoms with Gasteiger partial charge in [-0.25, -0.2) is 0 Å². The van der Waals surface area contributed by atoms with Gasteiger partial charge in [0.25, 0.3) is 0 Å². The maximum absolute atomic E-state index is 8.73. The average molecular weight is 252 g/mol. The van der Waals surface area contributed by atoms with E-state index in [0.29, 0.717) is 11.7 Å². The van der Waals surface area contributed by atoms with E-state index in [4.69, 9.17) is 10.00 Å². The molecule has 1 saturated carbocycles. The number of halogens is 1. The van der Waals surface area contributed by atoms with Crippen LogP contribution in [0.5, 0.6) is 5.75 Å². The number of hydrogen-bond donors (Lipinski definition) is 0. The summed E-state index contributed by atoms with van der Waals surface area (Å²) < 4.78 is 6.49. The van der Waals surface area contributed by atoms with Crippen molar-refractivity contribution in [3.05, 3.63) is 28.2 Å². The Morgan fingerprint density at radius 1 is 1.43 bits per heavy atom. The van der Waals surface area contributed by atoms with Gasteiger partial charge in [0.1, 0.15) is 11.8 Å². The molecular formula is C11H10BrNO. The summed E-state index contributed by atoms with van der Waals surface area (Å²) in [6.45, 7) is 0. The summed E-state index contributed by atoms with van der Waals surface area (Å²) in [5.74, 6) is 0.848. The quantitative estimate of drug-likeness (QED) is 0.809. The van der Waals surface area contributed by atoms with Crippen molar-refractivity contribution < 1.29 is 4.74 Å². The summed E-state index contributed by atoms with van der Waals surface area (Å²) >= 11 is 3.33. The van der Waals surface area contributed by atoms with Crippen molar-refractivity contribution in [2.24, 2.45) is 0 Å². The minimum atomic E-state index is 0.384. The van der Waals surface area contributed by atoms with E-state index in [9.17, 15) is 0 Å². The van der Waals surface area contributed by atoms with Crippen molar-refractivity contribution in [3.63, 3.8) is 0 Å². The van der Waals surface area contributed by atoms with Crippen LogP contribution in [-0.2, 0) is 0 Å². The summed E-state index contributed by atoms with van der Waals surface area (Å²) in [4.78, 5) is 0. The maximum Gasteiger partial charge on any atom is 0.120 e. The molecule has 72 valence electrons. The second-order valence-corrected chi connectivity index (χ2v) is 4.28. The lowest BCUT2D eigenvalue weighted by Gasteiger charge is -2.26. The third-order valence-electron chi connectivity index (χ3n) is 2.42. The molecule has 0 atom stereocenters. The van der Waals surface area contributed by atoms with Gasteiger partial charge in [-0.05, 0) is 53.4 Å². The topological polar surface area (TPSA) is 33.0 Å². The summed E-state index contributed by atoms with van der Waals surface area (Å²) in [6, 6.07) is 7.58. The fourth-order valence-electron chi connectivity index (χ4n) is 1.34. The first kappa shape index (κ1) is 9.54. The highest BCUT2D eigenvalue weighted by molar-refractivity contribution is 9.10. The molecule has 0 heterocycles. The van der Waals surface area contributed by atoms with Crippen LogP contribution in [-0.4, -0.2) is 6.10 Å². The smallest absolute Gasteiger partial charge is 0.120 e. The second-order valence-electron chi connectivity index (χ2n) is 3.42.